The Labute approximate surface area is 133 Å². The molecular weight excluding hydrogens is 396 g/mol. The second-order valence-corrected chi connectivity index (χ2v) is 6.34. The molecule has 19 heavy (non-hydrogen) atoms. The van der Waals surface area contributed by atoms with E-state index in [9.17, 15) is 4.39 Å². The van der Waals surface area contributed by atoms with Crippen LogP contribution >= 0.6 is 43.5 Å². The standard InChI is InChI=1S/C14H11Br2ClFN/c1-7-8(3-2-4-10(7)15)14(19)9-5-12(17)11(16)6-13(9)18/h2-6,14H,19H2,1H3. The highest BCUT2D eigenvalue weighted by Crippen LogP contribution is 2.32. The van der Waals surface area contributed by atoms with Crippen LogP contribution in [-0.4, -0.2) is 0 Å². The zero-order valence-electron chi connectivity index (χ0n) is 10.1. The fraction of sp³-hybridized carbons (Fsp3) is 0.143. The van der Waals surface area contributed by atoms with Crippen LogP contribution in [0.3, 0.4) is 0 Å². The van der Waals surface area contributed by atoms with Crippen LogP contribution in [0.15, 0.2) is 39.3 Å². The number of hydrogen-bond acceptors (Lipinski definition) is 1. The van der Waals surface area contributed by atoms with Gasteiger partial charge in [-0.15, -0.1) is 0 Å². The highest BCUT2D eigenvalue weighted by molar-refractivity contribution is 9.10. The maximum Gasteiger partial charge on any atom is 0.129 e. The van der Waals surface area contributed by atoms with Crippen molar-refractivity contribution < 1.29 is 4.39 Å². The summed E-state index contributed by atoms with van der Waals surface area (Å²) in [7, 11) is 0. The van der Waals surface area contributed by atoms with Gasteiger partial charge in [0.2, 0.25) is 0 Å². The van der Waals surface area contributed by atoms with Crippen molar-refractivity contribution in [3.8, 4) is 0 Å². The van der Waals surface area contributed by atoms with Crippen molar-refractivity contribution in [3.05, 3.63) is 66.8 Å². The van der Waals surface area contributed by atoms with Crippen molar-refractivity contribution in [2.24, 2.45) is 5.73 Å². The minimum absolute atomic E-state index is 0.372. The van der Waals surface area contributed by atoms with Gasteiger partial charge in [-0.25, -0.2) is 4.39 Å². The summed E-state index contributed by atoms with van der Waals surface area (Å²) in [6, 6.07) is 8.04. The van der Waals surface area contributed by atoms with E-state index in [0.717, 1.165) is 15.6 Å². The van der Waals surface area contributed by atoms with Crippen molar-refractivity contribution in [2.45, 2.75) is 13.0 Å². The highest BCUT2D eigenvalue weighted by Gasteiger charge is 2.18. The van der Waals surface area contributed by atoms with E-state index >= 15 is 0 Å². The van der Waals surface area contributed by atoms with Gasteiger partial charge in [0.15, 0.2) is 0 Å². The van der Waals surface area contributed by atoms with Crippen LogP contribution in [0.2, 0.25) is 5.02 Å². The van der Waals surface area contributed by atoms with Gasteiger partial charge in [-0.05, 0) is 52.2 Å². The first kappa shape index (κ1) is 15.0. The maximum absolute atomic E-state index is 14.0. The number of halogens is 4. The van der Waals surface area contributed by atoms with Crippen molar-refractivity contribution >= 4 is 43.5 Å². The Hall–Kier alpha value is -0.420. The van der Waals surface area contributed by atoms with Gasteiger partial charge in [0.05, 0.1) is 11.1 Å². The van der Waals surface area contributed by atoms with Crippen molar-refractivity contribution in [1.29, 1.82) is 0 Å². The Bertz CT molecular complexity index is 631. The first-order valence-corrected chi connectivity index (χ1v) is 7.53. The van der Waals surface area contributed by atoms with Gasteiger partial charge in [0.25, 0.3) is 0 Å². The largest absolute Gasteiger partial charge is 0.320 e. The Morgan fingerprint density at radius 1 is 1.16 bits per heavy atom. The minimum Gasteiger partial charge on any atom is -0.320 e. The van der Waals surface area contributed by atoms with Crippen LogP contribution in [0, 0.1) is 12.7 Å². The molecule has 0 aliphatic rings. The number of benzene rings is 2. The fourth-order valence-electron chi connectivity index (χ4n) is 1.90. The molecule has 0 bridgehead atoms. The average Bonchev–Trinajstić information content (AvgIpc) is 2.36. The van der Waals surface area contributed by atoms with Crippen molar-refractivity contribution in [3.63, 3.8) is 0 Å². The number of hydrogen-bond donors (Lipinski definition) is 1. The van der Waals surface area contributed by atoms with Crippen molar-refractivity contribution in [2.75, 3.05) is 0 Å². The lowest BCUT2D eigenvalue weighted by atomic mass is 9.95. The molecule has 0 amide bonds. The number of nitrogens with two attached hydrogens (primary N) is 1. The molecule has 0 aromatic heterocycles. The quantitative estimate of drug-likeness (QED) is 0.667. The fourth-order valence-corrected chi connectivity index (χ4v) is 2.77. The molecule has 5 heteroatoms. The van der Waals surface area contributed by atoms with Crippen LogP contribution in [0.5, 0.6) is 0 Å². The molecule has 0 saturated carbocycles. The van der Waals surface area contributed by atoms with Gasteiger partial charge >= 0.3 is 0 Å². The van der Waals surface area contributed by atoms with E-state index < -0.39 is 6.04 Å². The summed E-state index contributed by atoms with van der Waals surface area (Å²) in [5.74, 6) is -0.372. The number of rotatable bonds is 2. The predicted molar refractivity (Wildman–Crippen MR) is 84.0 cm³/mol. The molecule has 2 aromatic rings. The summed E-state index contributed by atoms with van der Waals surface area (Å²) in [6.45, 7) is 1.94. The van der Waals surface area contributed by atoms with E-state index in [1.165, 1.54) is 6.07 Å². The molecular formula is C14H11Br2ClFN. The molecule has 2 N–H and O–H groups in total. The van der Waals surface area contributed by atoms with Gasteiger partial charge in [-0.3, -0.25) is 0 Å². The third kappa shape index (κ3) is 3.02. The van der Waals surface area contributed by atoms with Crippen molar-refractivity contribution in [1.82, 2.24) is 0 Å². The molecule has 100 valence electrons. The molecule has 0 heterocycles. The average molecular weight is 408 g/mol. The summed E-state index contributed by atoms with van der Waals surface area (Å²) in [4.78, 5) is 0. The van der Waals surface area contributed by atoms with Gasteiger partial charge in [-0.1, -0.05) is 39.7 Å². The van der Waals surface area contributed by atoms with Crippen LogP contribution in [0.4, 0.5) is 4.39 Å². The smallest absolute Gasteiger partial charge is 0.129 e. The van der Waals surface area contributed by atoms with Gasteiger partial charge in [0, 0.05) is 14.5 Å². The summed E-state index contributed by atoms with van der Waals surface area (Å²) >= 11 is 12.7. The summed E-state index contributed by atoms with van der Waals surface area (Å²) < 4.78 is 15.5. The van der Waals surface area contributed by atoms with Gasteiger partial charge in [0.1, 0.15) is 5.82 Å². The molecule has 0 aliphatic heterocycles. The lowest BCUT2D eigenvalue weighted by Gasteiger charge is -2.17. The maximum atomic E-state index is 14.0. The van der Waals surface area contributed by atoms with Crippen LogP contribution in [0.25, 0.3) is 0 Å². The van der Waals surface area contributed by atoms with E-state index in [0.29, 0.717) is 15.1 Å². The zero-order valence-corrected chi connectivity index (χ0v) is 14.0. The zero-order chi connectivity index (χ0) is 14.2. The Kier molecular flexibility index (Phi) is 4.66. The van der Waals surface area contributed by atoms with Crippen LogP contribution in [-0.2, 0) is 0 Å². The van der Waals surface area contributed by atoms with Crippen LogP contribution in [0.1, 0.15) is 22.7 Å². The first-order valence-electron chi connectivity index (χ1n) is 5.57. The molecule has 0 saturated heterocycles. The highest BCUT2D eigenvalue weighted by atomic mass is 79.9. The van der Waals surface area contributed by atoms with E-state index in [1.54, 1.807) is 6.07 Å². The Morgan fingerprint density at radius 3 is 2.53 bits per heavy atom. The molecule has 1 unspecified atom stereocenters. The summed E-state index contributed by atoms with van der Waals surface area (Å²) in [6.07, 6.45) is 0. The minimum atomic E-state index is -0.553. The van der Waals surface area contributed by atoms with E-state index in [4.69, 9.17) is 17.3 Å². The predicted octanol–water partition coefficient (Wildman–Crippen LogP) is 5.36. The molecule has 1 atom stereocenters. The van der Waals surface area contributed by atoms with Crippen LogP contribution < -0.4 is 5.73 Å². The second kappa shape index (κ2) is 5.92. The second-order valence-electron chi connectivity index (χ2n) is 4.22. The Balaban J connectivity index is 2.53. The summed E-state index contributed by atoms with van der Waals surface area (Å²) in [5, 5.41) is 0.444. The first-order chi connectivity index (χ1) is 8.91. The van der Waals surface area contributed by atoms with E-state index in [1.807, 2.05) is 25.1 Å². The lowest BCUT2D eigenvalue weighted by Crippen LogP contribution is -2.15. The SMILES string of the molecule is Cc1c(Br)cccc1C(N)c1cc(Cl)c(Br)cc1F. The molecule has 0 aliphatic carbocycles. The van der Waals surface area contributed by atoms with Gasteiger partial charge < -0.3 is 5.73 Å². The lowest BCUT2D eigenvalue weighted by molar-refractivity contribution is 0.598. The molecule has 0 spiro atoms. The molecule has 2 rings (SSSR count). The molecule has 1 nitrogen and oxygen atoms in total. The molecule has 2 aromatic carbocycles. The third-order valence-electron chi connectivity index (χ3n) is 3.02. The normalized spacial score (nSPS) is 12.5. The molecule has 0 fully saturated rings. The van der Waals surface area contributed by atoms with E-state index in [-0.39, 0.29) is 5.82 Å². The van der Waals surface area contributed by atoms with E-state index in [2.05, 4.69) is 31.9 Å². The Morgan fingerprint density at radius 2 is 1.84 bits per heavy atom. The summed E-state index contributed by atoms with van der Waals surface area (Å²) in [5.41, 5.74) is 8.42. The van der Waals surface area contributed by atoms with Gasteiger partial charge in [-0.2, -0.15) is 0 Å². The molecule has 0 radical (unpaired) electrons. The topological polar surface area (TPSA) is 26.0 Å². The monoisotopic (exact) mass is 405 g/mol. The third-order valence-corrected chi connectivity index (χ3v) is 5.08.